The van der Waals surface area contributed by atoms with Crippen molar-refractivity contribution in [1.82, 2.24) is 0 Å². The van der Waals surface area contributed by atoms with Gasteiger partial charge in [0.2, 0.25) is 0 Å². The summed E-state index contributed by atoms with van der Waals surface area (Å²) >= 11 is 6.07. The Morgan fingerprint density at radius 1 is 1.28 bits per heavy atom. The van der Waals surface area contributed by atoms with E-state index in [2.05, 4.69) is 6.92 Å². The van der Waals surface area contributed by atoms with Crippen LogP contribution in [0, 0.1) is 5.92 Å². The number of ether oxygens (including phenoxy) is 1. The Bertz CT molecular complexity index is 367. The van der Waals surface area contributed by atoms with Crippen molar-refractivity contribution < 1.29 is 4.74 Å². The molecule has 0 aromatic heterocycles. The largest absolute Gasteiger partial charge is 0.496 e. The quantitative estimate of drug-likeness (QED) is 0.801. The van der Waals surface area contributed by atoms with E-state index in [1.165, 1.54) is 0 Å². The molecule has 0 bridgehead atoms. The summed E-state index contributed by atoms with van der Waals surface area (Å²) < 4.78 is 5.41. The lowest BCUT2D eigenvalue weighted by atomic mass is 9.86. The zero-order valence-electron chi connectivity index (χ0n) is 11.2. The summed E-state index contributed by atoms with van der Waals surface area (Å²) in [6, 6.07) is 5.75. The molecule has 1 unspecified atom stereocenters. The molecule has 1 atom stereocenters. The van der Waals surface area contributed by atoms with Crippen LogP contribution in [0.5, 0.6) is 5.75 Å². The number of rotatable bonds is 7. The summed E-state index contributed by atoms with van der Waals surface area (Å²) in [5.74, 6) is 1.62. The van der Waals surface area contributed by atoms with Gasteiger partial charge in [-0.05, 0) is 61.5 Å². The smallest absolute Gasteiger partial charge is 0.122 e. The van der Waals surface area contributed by atoms with Crippen LogP contribution < -0.4 is 16.2 Å². The van der Waals surface area contributed by atoms with Crippen LogP contribution >= 0.6 is 11.6 Å². The molecule has 0 saturated heterocycles. The fraction of sp³-hybridized carbons (Fsp3) is 0.571. The van der Waals surface area contributed by atoms with Crippen molar-refractivity contribution in [3.8, 4) is 5.75 Å². The van der Waals surface area contributed by atoms with Gasteiger partial charge in [0.25, 0.3) is 0 Å². The minimum absolute atomic E-state index is 0.346. The summed E-state index contributed by atoms with van der Waals surface area (Å²) in [5, 5.41) is 0.737. The van der Waals surface area contributed by atoms with Gasteiger partial charge in [-0.1, -0.05) is 18.5 Å². The van der Waals surface area contributed by atoms with E-state index in [-0.39, 0.29) is 0 Å². The van der Waals surface area contributed by atoms with Gasteiger partial charge >= 0.3 is 0 Å². The van der Waals surface area contributed by atoms with E-state index in [9.17, 15) is 0 Å². The molecule has 0 radical (unpaired) electrons. The number of benzene rings is 1. The second-order valence-corrected chi connectivity index (χ2v) is 5.00. The van der Waals surface area contributed by atoms with Gasteiger partial charge in [0.05, 0.1) is 7.11 Å². The highest BCUT2D eigenvalue weighted by Gasteiger charge is 2.18. The molecule has 0 aliphatic carbocycles. The molecule has 0 heterocycles. The lowest BCUT2D eigenvalue weighted by molar-refractivity contribution is 0.390. The number of nitrogens with two attached hydrogens (primary N) is 2. The predicted octanol–water partition coefficient (Wildman–Crippen LogP) is 2.77. The molecule has 1 rings (SSSR count). The molecule has 0 saturated carbocycles. The van der Waals surface area contributed by atoms with Crippen LogP contribution in [0.1, 0.15) is 31.2 Å². The third-order valence-corrected chi connectivity index (χ3v) is 3.64. The average molecular weight is 271 g/mol. The fourth-order valence-corrected chi connectivity index (χ4v) is 2.41. The minimum atomic E-state index is 0.346. The lowest BCUT2D eigenvalue weighted by Gasteiger charge is -2.22. The Balaban J connectivity index is 2.96. The molecule has 18 heavy (non-hydrogen) atoms. The van der Waals surface area contributed by atoms with Crippen LogP contribution in [-0.2, 0) is 0 Å². The molecule has 0 spiro atoms. The third-order valence-electron chi connectivity index (χ3n) is 3.41. The highest BCUT2D eigenvalue weighted by molar-refractivity contribution is 6.30. The zero-order valence-corrected chi connectivity index (χ0v) is 11.9. The van der Waals surface area contributed by atoms with Gasteiger partial charge in [0.1, 0.15) is 5.75 Å². The Hall–Kier alpha value is -0.770. The van der Waals surface area contributed by atoms with Gasteiger partial charge in [-0.25, -0.2) is 0 Å². The number of methoxy groups -OCH3 is 1. The first-order valence-corrected chi connectivity index (χ1v) is 6.77. The molecule has 3 nitrogen and oxygen atoms in total. The van der Waals surface area contributed by atoms with E-state index in [1.54, 1.807) is 7.11 Å². The highest BCUT2D eigenvalue weighted by Crippen LogP contribution is 2.35. The lowest BCUT2D eigenvalue weighted by Crippen LogP contribution is -2.25. The van der Waals surface area contributed by atoms with Gasteiger partial charge in [0.15, 0.2) is 0 Å². The first-order chi connectivity index (χ1) is 8.65. The molecular weight excluding hydrogens is 248 g/mol. The molecule has 0 fully saturated rings. The van der Waals surface area contributed by atoms with Crippen LogP contribution in [0.3, 0.4) is 0 Å². The molecule has 4 heteroatoms. The Morgan fingerprint density at radius 2 is 1.94 bits per heavy atom. The first kappa shape index (κ1) is 15.3. The van der Waals surface area contributed by atoms with E-state index in [4.69, 9.17) is 27.8 Å². The summed E-state index contributed by atoms with van der Waals surface area (Å²) in [7, 11) is 1.68. The van der Waals surface area contributed by atoms with Crippen molar-refractivity contribution in [2.75, 3.05) is 20.2 Å². The second-order valence-electron chi connectivity index (χ2n) is 4.56. The Labute approximate surface area is 114 Å². The Morgan fingerprint density at radius 3 is 2.44 bits per heavy atom. The van der Waals surface area contributed by atoms with Crippen LogP contribution in [-0.4, -0.2) is 20.2 Å². The van der Waals surface area contributed by atoms with Crippen LogP contribution in [0.4, 0.5) is 0 Å². The maximum Gasteiger partial charge on any atom is 0.122 e. The van der Waals surface area contributed by atoms with Crippen LogP contribution in [0.25, 0.3) is 0 Å². The SMILES string of the molecule is CCC(CC(CN)CN)c1cc(Cl)ccc1OC. The topological polar surface area (TPSA) is 61.3 Å². The van der Waals surface area contributed by atoms with E-state index in [1.807, 2.05) is 18.2 Å². The van der Waals surface area contributed by atoms with E-state index in [0.29, 0.717) is 24.9 Å². The van der Waals surface area contributed by atoms with Gasteiger partial charge in [-0.2, -0.15) is 0 Å². The molecule has 1 aromatic carbocycles. The maximum absolute atomic E-state index is 6.07. The monoisotopic (exact) mass is 270 g/mol. The van der Waals surface area contributed by atoms with Crippen molar-refractivity contribution in [3.05, 3.63) is 28.8 Å². The number of hydrogen-bond acceptors (Lipinski definition) is 3. The zero-order chi connectivity index (χ0) is 13.5. The van der Waals surface area contributed by atoms with Gasteiger partial charge in [0, 0.05) is 5.02 Å². The summed E-state index contributed by atoms with van der Waals surface area (Å²) in [6.45, 7) is 3.40. The van der Waals surface area contributed by atoms with Crippen molar-refractivity contribution in [2.45, 2.75) is 25.7 Å². The van der Waals surface area contributed by atoms with Crippen molar-refractivity contribution >= 4 is 11.6 Å². The normalized spacial score (nSPS) is 12.8. The molecule has 0 aliphatic rings. The van der Waals surface area contributed by atoms with E-state index in [0.717, 1.165) is 29.2 Å². The fourth-order valence-electron chi connectivity index (χ4n) is 2.23. The summed E-state index contributed by atoms with van der Waals surface area (Å²) in [5.41, 5.74) is 12.6. The molecule has 4 N–H and O–H groups in total. The molecular formula is C14H23ClN2O. The maximum atomic E-state index is 6.07. The minimum Gasteiger partial charge on any atom is -0.496 e. The van der Waals surface area contributed by atoms with Gasteiger partial charge in [-0.15, -0.1) is 0 Å². The van der Waals surface area contributed by atoms with Crippen molar-refractivity contribution in [1.29, 1.82) is 0 Å². The molecule has 1 aromatic rings. The molecule has 0 amide bonds. The Kier molecular flexibility index (Phi) is 6.47. The summed E-state index contributed by atoms with van der Waals surface area (Å²) in [4.78, 5) is 0. The predicted molar refractivity (Wildman–Crippen MR) is 77.3 cm³/mol. The number of hydrogen-bond donors (Lipinski definition) is 2. The van der Waals surface area contributed by atoms with Gasteiger partial charge in [-0.3, -0.25) is 0 Å². The highest BCUT2D eigenvalue weighted by atomic mass is 35.5. The van der Waals surface area contributed by atoms with E-state index >= 15 is 0 Å². The van der Waals surface area contributed by atoms with Crippen molar-refractivity contribution in [2.24, 2.45) is 17.4 Å². The second kappa shape index (κ2) is 7.62. The number of halogens is 1. The van der Waals surface area contributed by atoms with Gasteiger partial charge < -0.3 is 16.2 Å². The molecule has 102 valence electrons. The van der Waals surface area contributed by atoms with E-state index < -0.39 is 0 Å². The first-order valence-electron chi connectivity index (χ1n) is 6.39. The standard InChI is InChI=1S/C14H23ClN2O/c1-3-11(6-10(8-16)9-17)13-7-12(15)4-5-14(13)18-2/h4-5,7,10-11H,3,6,8-9,16-17H2,1-2H3. The summed E-state index contributed by atoms with van der Waals surface area (Å²) in [6.07, 6.45) is 1.99. The van der Waals surface area contributed by atoms with Crippen LogP contribution in [0.15, 0.2) is 18.2 Å². The van der Waals surface area contributed by atoms with Crippen LogP contribution in [0.2, 0.25) is 5.02 Å². The molecule has 0 aliphatic heterocycles. The third kappa shape index (κ3) is 3.87. The van der Waals surface area contributed by atoms with Crippen molar-refractivity contribution in [3.63, 3.8) is 0 Å². The average Bonchev–Trinajstić information content (AvgIpc) is 2.40.